The van der Waals surface area contributed by atoms with Crippen molar-refractivity contribution in [3.05, 3.63) is 29.3 Å². The lowest BCUT2D eigenvalue weighted by Crippen LogP contribution is -2.40. The van der Waals surface area contributed by atoms with Crippen LogP contribution < -0.4 is 10.2 Å². The van der Waals surface area contributed by atoms with Gasteiger partial charge in [0.05, 0.1) is 5.69 Å². The summed E-state index contributed by atoms with van der Waals surface area (Å²) in [6.07, 6.45) is 7.03. The lowest BCUT2D eigenvalue weighted by molar-refractivity contribution is -0.121. The van der Waals surface area contributed by atoms with Gasteiger partial charge in [0, 0.05) is 30.8 Å². The van der Waals surface area contributed by atoms with E-state index in [0.29, 0.717) is 36.5 Å². The fraction of sp³-hybridized carbons (Fsp3) is 0.389. The first-order valence-corrected chi connectivity index (χ1v) is 8.83. The number of nitrogens with zero attached hydrogens (tertiary/aromatic N) is 4. The zero-order valence-corrected chi connectivity index (χ0v) is 15.3. The molecule has 4 amide bonds. The second kappa shape index (κ2) is 7.76. The summed E-state index contributed by atoms with van der Waals surface area (Å²) < 4.78 is 0. The first kappa shape index (κ1) is 18.9. The molecular formula is C18H18ClN5O3. The zero-order chi connectivity index (χ0) is 19.4. The van der Waals surface area contributed by atoms with E-state index in [4.69, 9.17) is 18.0 Å². The molecule has 8 nitrogen and oxygen atoms in total. The molecule has 0 radical (unpaired) electrons. The van der Waals surface area contributed by atoms with Crippen molar-refractivity contribution in [1.29, 1.82) is 0 Å². The smallest absolute Gasteiger partial charge is 0.332 e. The zero-order valence-electron chi connectivity index (χ0n) is 14.5. The number of urea groups is 1. The second-order valence-electron chi connectivity index (χ2n) is 6.33. The largest absolute Gasteiger partial charge is 0.354 e. The van der Waals surface area contributed by atoms with Crippen molar-refractivity contribution in [2.45, 2.75) is 24.9 Å². The van der Waals surface area contributed by atoms with E-state index in [1.54, 1.807) is 18.2 Å². The molecule has 1 fully saturated rings. The fourth-order valence-electron chi connectivity index (χ4n) is 2.84. The van der Waals surface area contributed by atoms with Crippen molar-refractivity contribution in [1.82, 2.24) is 10.2 Å². The van der Waals surface area contributed by atoms with Gasteiger partial charge in [0.25, 0.3) is 5.91 Å². The molecule has 0 saturated carbocycles. The molecule has 140 valence electrons. The highest BCUT2D eigenvalue weighted by molar-refractivity contribution is 6.31. The van der Waals surface area contributed by atoms with Gasteiger partial charge in [-0.3, -0.25) is 9.59 Å². The van der Waals surface area contributed by atoms with Gasteiger partial charge in [-0.1, -0.05) is 17.7 Å². The van der Waals surface area contributed by atoms with Crippen molar-refractivity contribution in [3.63, 3.8) is 0 Å². The van der Waals surface area contributed by atoms with E-state index in [-0.39, 0.29) is 19.0 Å². The maximum Gasteiger partial charge on any atom is 0.332 e. The molecule has 0 atom stereocenters. The summed E-state index contributed by atoms with van der Waals surface area (Å²) in [4.78, 5) is 39.0. The Hall–Kier alpha value is -2.92. The first-order chi connectivity index (χ1) is 12.9. The third-order valence-electron chi connectivity index (χ3n) is 4.34. The molecule has 1 aromatic carbocycles. The minimum absolute atomic E-state index is 0.157. The molecule has 0 aliphatic carbocycles. The van der Waals surface area contributed by atoms with Crippen molar-refractivity contribution in [2.75, 3.05) is 24.5 Å². The summed E-state index contributed by atoms with van der Waals surface area (Å²) >= 11 is 5.92. The average Bonchev–Trinajstić information content (AvgIpc) is 3.33. The molecule has 1 saturated heterocycles. The van der Waals surface area contributed by atoms with Gasteiger partial charge in [0.2, 0.25) is 5.91 Å². The molecule has 1 N–H and O–H groups in total. The quantitative estimate of drug-likeness (QED) is 0.547. The van der Waals surface area contributed by atoms with Gasteiger partial charge in [-0.2, -0.15) is 10.2 Å². The first-order valence-electron chi connectivity index (χ1n) is 8.46. The van der Waals surface area contributed by atoms with Crippen LogP contribution in [0, 0.1) is 12.3 Å². The number of halogens is 1. The highest BCUT2D eigenvalue weighted by Crippen LogP contribution is 2.36. The van der Waals surface area contributed by atoms with Crippen LogP contribution in [0.4, 0.5) is 10.5 Å². The predicted octanol–water partition coefficient (Wildman–Crippen LogP) is 2.19. The number of hydrogen-bond acceptors (Lipinski definition) is 5. The maximum absolute atomic E-state index is 12.5. The number of anilines is 1. The van der Waals surface area contributed by atoms with Crippen LogP contribution in [0.1, 0.15) is 19.3 Å². The van der Waals surface area contributed by atoms with E-state index >= 15 is 0 Å². The molecule has 3 rings (SSSR count). The van der Waals surface area contributed by atoms with E-state index in [9.17, 15) is 14.4 Å². The highest BCUT2D eigenvalue weighted by atomic mass is 35.5. The third-order valence-corrected chi connectivity index (χ3v) is 4.57. The minimum atomic E-state index is -0.546. The monoisotopic (exact) mass is 387 g/mol. The molecule has 2 aliphatic rings. The molecule has 0 spiro atoms. The SMILES string of the molecule is C#CCCC1(CCNC(=O)CN2CC(=O)N(c3cccc(Cl)c3)C2=O)N=N1. The van der Waals surface area contributed by atoms with Crippen LogP contribution in [0.2, 0.25) is 5.02 Å². The summed E-state index contributed by atoms with van der Waals surface area (Å²) in [5, 5.41) is 11.1. The van der Waals surface area contributed by atoms with Gasteiger partial charge in [-0.15, -0.1) is 12.3 Å². The molecule has 2 aliphatic heterocycles. The Morgan fingerprint density at radius 3 is 2.78 bits per heavy atom. The van der Waals surface area contributed by atoms with Gasteiger partial charge >= 0.3 is 6.03 Å². The molecule has 0 aromatic heterocycles. The number of amides is 4. The van der Waals surface area contributed by atoms with Crippen LogP contribution in [0.15, 0.2) is 34.5 Å². The minimum Gasteiger partial charge on any atom is -0.354 e. The van der Waals surface area contributed by atoms with E-state index in [1.807, 2.05) is 0 Å². The van der Waals surface area contributed by atoms with Gasteiger partial charge < -0.3 is 10.2 Å². The van der Waals surface area contributed by atoms with Gasteiger partial charge in [-0.05, 0) is 18.2 Å². The number of benzene rings is 1. The summed E-state index contributed by atoms with van der Waals surface area (Å²) in [5.41, 5.74) is -0.0875. The molecule has 2 heterocycles. The van der Waals surface area contributed by atoms with E-state index in [1.165, 1.54) is 11.0 Å². The maximum atomic E-state index is 12.5. The summed E-state index contributed by atoms with van der Waals surface area (Å²) in [6, 6.07) is 5.89. The van der Waals surface area contributed by atoms with Crippen LogP contribution in [-0.2, 0) is 9.59 Å². The Kier molecular flexibility index (Phi) is 5.42. The molecule has 9 heteroatoms. The van der Waals surface area contributed by atoms with Crippen molar-refractivity contribution >= 4 is 35.1 Å². The molecular weight excluding hydrogens is 370 g/mol. The number of carbonyl (C=O) groups is 3. The summed E-state index contributed by atoms with van der Waals surface area (Å²) in [5.74, 6) is 1.79. The Balaban J connectivity index is 1.49. The van der Waals surface area contributed by atoms with Gasteiger partial charge in [0.1, 0.15) is 13.1 Å². The lowest BCUT2D eigenvalue weighted by Gasteiger charge is -2.17. The van der Waals surface area contributed by atoms with E-state index in [0.717, 1.165) is 4.90 Å². The van der Waals surface area contributed by atoms with Crippen molar-refractivity contribution in [2.24, 2.45) is 10.2 Å². The van der Waals surface area contributed by atoms with Crippen LogP contribution in [0.5, 0.6) is 0 Å². The Bertz CT molecular complexity index is 842. The van der Waals surface area contributed by atoms with Crippen LogP contribution in [-0.4, -0.2) is 48.0 Å². The van der Waals surface area contributed by atoms with E-state index < -0.39 is 17.6 Å². The molecule has 1 aromatic rings. The standard InChI is InChI=1S/C18H18ClN5O3/c1-2-3-7-18(21-22-18)8-9-20-15(25)11-23-12-16(26)24(17(23)27)14-6-4-5-13(19)10-14/h1,4-6,10H,3,7-9,11-12H2,(H,20,25). The lowest BCUT2D eigenvalue weighted by atomic mass is 10.0. The van der Waals surface area contributed by atoms with Crippen LogP contribution >= 0.6 is 11.6 Å². The number of carbonyl (C=O) groups excluding carboxylic acids is 3. The number of rotatable bonds is 8. The van der Waals surface area contributed by atoms with Crippen molar-refractivity contribution < 1.29 is 14.4 Å². The van der Waals surface area contributed by atoms with Crippen molar-refractivity contribution in [3.8, 4) is 12.3 Å². The number of nitrogens with one attached hydrogen (secondary N) is 1. The predicted molar refractivity (Wildman–Crippen MR) is 99.2 cm³/mol. The summed E-state index contributed by atoms with van der Waals surface area (Å²) in [6.45, 7) is 0.00715. The molecule has 27 heavy (non-hydrogen) atoms. The number of hydrogen-bond donors (Lipinski definition) is 1. The molecule has 0 bridgehead atoms. The topological polar surface area (TPSA) is 94.4 Å². The van der Waals surface area contributed by atoms with Crippen LogP contribution in [0.25, 0.3) is 0 Å². The summed E-state index contributed by atoms with van der Waals surface area (Å²) in [7, 11) is 0. The van der Waals surface area contributed by atoms with E-state index in [2.05, 4.69) is 21.5 Å². The second-order valence-corrected chi connectivity index (χ2v) is 6.77. The Morgan fingerprint density at radius 1 is 1.33 bits per heavy atom. The van der Waals surface area contributed by atoms with Crippen LogP contribution in [0.3, 0.4) is 0 Å². The normalized spacial score (nSPS) is 17.2. The third kappa shape index (κ3) is 4.44. The number of imide groups is 1. The Labute approximate surface area is 161 Å². The van der Waals surface area contributed by atoms with Gasteiger partial charge in [0.15, 0.2) is 5.66 Å². The highest BCUT2D eigenvalue weighted by Gasteiger charge is 2.40. The number of terminal acetylenes is 1. The Morgan fingerprint density at radius 2 is 2.11 bits per heavy atom. The molecule has 0 unspecified atom stereocenters. The average molecular weight is 388 g/mol. The fourth-order valence-corrected chi connectivity index (χ4v) is 3.03. The van der Waals surface area contributed by atoms with Gasteiger partial charge in [-0.25, -0.2) is 9.69 Å².